The third-order valence-electron chi connectivity index (χ3n) is 6.19. The Morgan fingerprint density at radius 3 is 1.98 bits per heavy atom. The number of carbonyl (C=O) groups is 4. The molecule has 2 aromatic carbocycles. The molecular weight excluding hydrogens is 572 g/mol. The van der Waals surface area contributed by atoms with Crippen LogP contribution in [0.2, 0.25) is 0 Å². The number of nitrogens with one attached hydrogen (secondary N) is 2. The van der Waals surface area contributed by atoms with Crippen LogP contribution in [0.1, 0.15) is 98.1 Å². The maximum absolute atomic E-state index is 12.6. The fraction of sp³-hybridized carbons (Fsp3) is 0.281. The van der Waals surface area contributed by atoms with Gasteiger partial charge in [0.1, 0.15) is 17.3 Å². The van der Waals surface area contributed by atoms with E-state index in [0.717, 1.165) is 31.2 Å². The first kappa shape index (κ1) is 32.8. The number of aromatic nitrogens is 2. The molecule has 0 atom stereocenters. The maximum Gasteiger partial charge on any atom is 0.374 e. The highest BCUT2D eigenvalue weighted by atomic mass is 35.5. The summed E-state index contributed by atoms with van der Waals surface area (Å²) in [6.45, 7) is 6.15. The van der Waals surface area contributed by atoms with Gasteiger partial charge in [-0.2, -0.15) is 0 Å². The molecule has 2 amide bonds. The number of hydrogen-bond acceptors (Lipinski definition) is 7. The van der Waals surface area contributed by atoms with Crippen molar-refractivity contribution in [3.8, 4) is 0 Å². The molecule has 2 heterocycles. The summed E-state index contributed by atoms with van der Waals surface area (Å²) in [5.74, 6) is -0.876. The second kappa shape index (κ2) is 16.1. The fourth-order valence-electron chi connectivity index (χ4n) is 4.11. The minimum Gasteiger partial charge on any atom is -0.460 e. The lowest BCUT2D eigenvalue weighted by Crippen LogP contribution is -2.18. The average Bonchev–Trinajstić information content (AvgIpc) is 3.62. The van der Waals surface area contributed by atoms with E-state index in [0.29, 0.717) is 22.7 Å². The van der Waals surface area contributed by atoms with E-state index >= 15 is 0 Å². The summed E-state index contributed by atoms with van der Waals surface area (Å²) in [7, 11) is 0. The van der Waals surface area contributed by atoms with Crippen molar-refractivity contribution in [1.29, 1.82) is 0 Å². The molecule has 43 heavy (non-hydrogen) atoms. The van der Waals surface area contributed by atoms with Gasteiger partial charge in [0.2, 0.25) is 5.76 Å². The molecule has 11 heteroatoms. The van der Waals surface area contributed by atoms with Crippen molar-refractivity contribution in [2.45, 2.75) is 52.9 Å². The number of nitrogens with zero attached hydrogens (tertiary/aromatic N) is 1. The average molecular weight is 607 g/mol. The zero-order chi connectivity index (χ0) is 31.4. The van der Waals surface area contributed by atoms with Gasteiger partial charge >= 0.3 is 5.97 Å². The minimum atomic E-state index is -0.765. The number of carbonyl (C=O) groups excluding carboxylic acids is 4. The molecule has 226 valence electrons. The molecule has 4 N–H and O–H groups in total. The predicted octanol–water partition coefficient (Wildman–Crippen LogP) is 6.09. The van der Waals surface area contributed by atoms with E-state index in [4.69, 9.17) is 26.5 Å². The summed E-state index contributed by atoms with van der Waals surface area (Å²) >= 11 is 5.29. The highest BCUT2D eigenvalue weighted by Crippen LogP contribution is 2.18. The third kappa shape index (κ3) is 9.68. The molecule has 0 spiro atoms. The number of benzene rings is 2. The van der Waals surface area contributed by atoms with Gasteiger partial charge in [-0.1, -0.05) is 51.0 Å². The van der Waals surface area contributed by atoms with Gasteiger partial charge in [0.05, 0.1) is 13.0 Å². The van der Waals surface area contributed by atoms with E-state index in [9.17, 15) is 19.2 Å². The first-order chi connectivity index (χ1) is 20.6. The molecule has 0 aliphatic carbocycles. The van der Waals surface area contributed by atoms with Crippen LogP contribution in [0.4, 0.5) is 5.82 Å². The Bertz CT molecular complexity index is 1540. The number of hydrogen-bond donors (Lipinski definition) is 3. The van der Waals surface area contributed by atoms with Crippen molar-refractivity contribution >= 4 is 40.4 Å². The number of nitrogens with two attached hydrogens (primary N) is 1. The molecule has 0 aliphatic rings. The lowest BCUT2D eigenvalue weighted by atomic mass is 10.1. The van der Waals surface area contributed by atoms with Gasteiger partial charge in [-0.25, -0.2) is 9.78 Å². The Hall–Kier alpha value is -4.70. The lowest BCUT2D eigenvalue weighted by Gasteiger charge is -2.05. The molecule has 0 saturated carbocycles. The lowest BCUT2D eigenvalue weighted by molar-refractivity contribution is 0.0488. The van der Waals surface area contributed by atoms with Crippen molar-refractivity contribution in [1.82, 2.24) is 9.97 Å². The molecule has 0 aliphatic heterocycles. The van der Waals surface area contributed by atoms with Crippen LogP contribution < -0.4 is 11.1 Å². The standard InChI is InChI=1S/C22H24N4O5.C10H11ClO/c1-3-5-13-6-8-14(9-7-13)21(28)26-20-18(19(23)27)24-17(25-20)12-15-10-11-16(31-15)22(29)30-4-2;1-2-3-8-4-6-9(7-5-8)10(11)12/h6-11H,3-5,12H2,1-2H3,(H2,23,27)(H,24,25)(H,26,28);4-7H,2-3H2,1H3. The topological polar surface area (TPSA) is 157 Å². The second-order valence-electron chi connectivity index (χ2n) is 9.56. The number of H-pyrrole nitrogens is 1. The van der Waals surface area contributed by atoms with Crippen LogP contribution in [0, 0.1) is 0 Å². The van der Waals surface area contributed by atoms with E-state index in [1.165, 1.54) is 11.6 Å². The maximum atomic E-state index is 12.6. The van der Waals surface area contributed by atoms with Crippen molar-refractivity contribution in [2.24, 2.45) is 5.73 Å². The second-order valence-corrected chi connectivity index (χ2v) is 9.90. The first-order valence-corrected chi connectivity index (χ1v) is 14.4. The monoisotopic (exact) mass is 606 g/mol. The summed E-state index contributed by atoms with van der Waals surface area (Å²) in [5, 5.41) is 2.23. The smallest absolute Gasteiger partial charge is 0.374 e. The SMILES string of the molecule is CCCc1ccc(C(=O)Cl)cc1.CCCc1ccc(C(=O)Nc2nc(Cc3ccc(C(=O)OCC)o3)[nH]c2C(N)=O)cc1. The van der Waals surface area contributed by atoms with E-state index < -0.39 is 23.0 Å². The Kier molecular flexibility index (Phi) is 12.3. The number of esters is 1. The molecule has 0 saturated heterocycles. The van der Waals surface area contributed by atoms with Gasteiger partial charge in [-0.05, 0) is 78.9 Å². The number of amides is 2. The molecule has 4 aromatic rings. The van der Waals surface area contributed by atoms with Crippen LogP contribution in [0.3, 0.4) is 0 Å². The quantitative estimate of drug-likeness (QED) is 0.130. The van der Waals surface area contributed by atoms with Gasteiger partial charge < -0.3 is 25.2 Å². The summed E-state index contributed by atoms with van der Waals surface area (Å²) in [6.07, 6.45) is 4.27. The first-order valence-electron chi connectivity index (χ1n) is 14.0. The molecule has 0 fully saturated rings. The highest BCUT2D eigenvalue weighted by molar-refractivity contribution is 6.67. The highest BCUT2D eigenvalue weighted by Gasteiger charge is 2.20. The fourth-order valence-corrected chi connectivity index (χ4v) is 4.23. The van der Waals surface area contributed by atoms with Crippen LogP contribution in [0.5, 0.6) is 0 Å². The number of rotatable bonds is 12. The van der Waals surface area contributed by atoms with E-state index in [-0.39, 0.29) is 30.3 Å². The summed E-state index contributed by atoms with van der Waals surface area (Å²) in [4.78, 5) is 53.8. The number of aryl methyl sites for hydroxylation is 2. The van der Waals surface area contributed by atoms with Gasteiger partial charge in [0.25, 0.3) is 17.1 Å². The Morgan fingerprint density at radius 2 is 1.47 bits per heavy atom. The van der Waals surface area contributed by atoms with Crippen LogP contribution in [-0.2, 0) is 24.0 Å². The van der Waals surface area contributed by atoms with Crippen molar-refractivity contribution in [3.05, 3.63) is 106 Å². The van der Waals surface area contributed by atoms with Gasteiger partial charge in [0.15, 0.2) is 5.82 Å². The molecular formula is C32H35ClN4O6. The zero-order valence-corrected chi connectivity index (χ0v) is 25.1. The molecule has 4 rings (SSSR count). The van der Waals surface area contributed by atoms with Gasteiger partial charge in [0, 0.05) is 11.1 Å². The molecule has 0 unspecified atom stereocenters. The van der Waals surface area contributed by atoms with Crippen LogP contribution in [0.25, 0.3) is 0 Å². The molecule has 0 radical (unpaired) electrons. The molecule has 2 aromatic heterocycles. The Labute approximate surface area is 255 Å². The normalized spacial score (nSPS) is 10.4. The summed E-state index contributed by atoms with van der Waals surface area (Å²) < 4.78 is 10.3. The van der Waals surface area contributed by atoms with Crippen LogP contribution >= 0.6 is 11.6 Å². The van der Waals surface area contributed by atoms with Crippen LogP contribution in [-0.4, -0.2) is 39.6 Å². The number of anilines is 1. The largest absolute Gasteiger partial charge is 0.460 e. The van der Waals surface area contributed by atoms with E-state index in [1.807, 2.05) is 24.3 Å². The van der Waals surface area contributed by atoms with Crippen LogP contribution in [0.15, 0.2) is 65.1 Å². The number of imidazole rings is 1. The zero-order valence-electron chi connectivity index (χ0n) is 24.4. The van der Waals surface area contributed by atoms with E-state index in [1.54, 1.807) is 37.3 Å². The summed E-state index contributed by atoms with van der Waals surface area (Å²) in [6, 6.07) is 17.7. The van der Waals surface area contributed by atoms with E-state index in [2.05, 4.69) is 29.1 Å². The van der Waals surface area contributed by atoms with Gasteiger partial charge in [-0.15, -0.1) is 0 Å². The van der Waals surface area contributed by atoms with Crippen molar-refractivity contribution < 1.29 is 28.3 Å². The number of furan rings is 1. The van der Waals surface area contributed by atoms with Crippen molar-refractivity contribution in [3.63, 3.8) is 0 Å². The summed E-state index contributed by atoms with van der Waals surface area (Å²) in [5.41, 5.74) is 8.78. The number of halogens is 1. The Morgan fingerprint density at radius 1 is 0.884 bits per heavy atom. The third-order valence-corrected chi connectivity index (χ3v) is 6.40. The predicted molar refractivity (Wildman–Crippen MR) is 164 cm³/mol. The number of ether oxygens (including phenoxy) is 1. The molecule has 10 nitrogen and oxygen atoms in total. The molecule has 0 bridgehead atoms. The minimum absolute atomic E-state index is 0.0249. The van der Waals surface area contributed by atoms with Gasteiger partial charge in [-0.3, -0.25) is 14.4 Å². The Balaban J connectivity index is 0.000000353. The number of primary amides is 1. The van der Waals surface area contributed by atoms with Crippen molar-refractivity contribution in [2.75, 3.05) is 11.9 Å². The number of aromatic amines is 1.